The molecule has 0 aliphatic carbocycles. The minimum atomic E-state index is -0.537. The van der Waals surface area contributed by atoms with Gasteiger partial charge in [-0.15, -0.1) is 0 Å². The molecule has 0 saturated carbocycles. The third-order valence-corrected chi connectivity index (χ3v) is 7.93. The first-order valence-corrected chi connectivity index (χ1v) is 16.8. The zero-order valence-electron chi connectivity index (χ0n) is 25.8. The minimum Gasteiger partial charge on any atom is -0.369 e. The fourth-order valence-corrected chi connectivity index (χ4v) is 5.26. The van der Waals surface area contributed by atoms with Crippen LogP contribution in [0.4, 0.5) is 0 Å². The third-order valence-electron chi connectivity index (χ3n) is 7.93. The molecule has 0 saturated heterocycles. The Bertz CT molecular complexity index is 561. The quantitative estimate of drug-likeness (QED) is 0.0710. The number of rotatable bonds is 30. The SMILES string of the molecule is C=C(CCCCCCCCCCCCCCCC)C(CC(=O)NCCCCCCCCCCCC)C(N)=O. The summed E-state index contributed by atoms with van der Waals surface area (Å²) in [7, 11) is 0. The monoisotopic (exact) mass is 535 g/mol. The minimum absolute atomic E-state index is 0.0770. The Kier molecular flexibility index (Phi) is 27.7. The summed E-state index contributed by atoms with van der Waals surface area (Å²) >= 11 is 0. The maximum absolute atomic E-state index is 12.4. The van der Waals surface area contributed by atoms with E-state index < -0.39 is 11.8 Å². The van der Waals surface area contributed by atoms with Gasteiger partial charge in [0.15, 0.2) is 0 Å². The summed E-state index contributed by atoms with van der Waals surface area (Å²) in [4.78, 5) is 24.3. The van der Waals surface area contributed by atoms with Crippen LogP contribution in [0.25, 0.3) is 0 Å². The molecule has 2 amide bonds. The molecular weight excluding hydrogens is 468 g/mol. The zero-order chi connectivity index (χ0) is 28.1. The van der Waals surface area contributed by atoms with E-state index in [0.29, 0.717) is 6.54 Å². The van der Waals surface area contributed by atoms with Crippen molar-refractivity contribution < 1.29 is 9.59 Å². The van der Waals surface area contributed by atoms with Gasteiger partial charge < -0.3 is 11.1 Å². The molecule has 0 aromatic heterocycles. The molecular formula is C34H66N2O2. The van der Waals surface area contributed by atoms with E-state index >= 15 is 0 Å². The van der Waals surface area contributed by atoms with Crippen molar-refractivity contribution in [2.24, 2.45) is 11.7 Å². The first-order chi connectivity index (χ1) is 18.5. The molecule has 0 aliphatic rings. The highest BCUT2D eigenvalue weighted by molar-refractivity contribution is 5.86. The van der Waals surface area contributed by atoms with Crippen LogP contribution in [0.15, 0.2) is 12.2 Å². The molecule has 3 N–H and O–H groups in total. The van der Waals surface area contributed by atoms with Gasteiger partial charge in [-0.2, -0.15) is 0 Å². The average Bonchev–Trinajstić information content (AvgIpc) is 2.90. The second kappa shape index (κ2) is 28.7. The van der Waals surface area contributed by atoms with Crippen molar-refractivity contribution in [2.45, 2.75) is 181 Å². The maximum atomic E-state index is 12.4. The number of hydrogen-bond donors (Lipinski definition) is 2. The normalized spacial score (nSPS) is 11.9. The summed E-state index contributed by atoms with van der Waals surface area (Å²) in [6.45, 7) is 9.32. The second-order valence-corrected chi connectivity index (χ2v) is 11.7. The molecule has 0 aromatic rings. The van der Waals surface area contributed by atoms with Crippen LogP contribution >= 0.6 is 0 Å². The summed E-state index contributed by atoms with van der Waals surface area (Å²) in [5.41, 5.74) is 6.44. The van der Waals surface area contributed by atoms with E-state index in [1.54, 1.807) is 0 Å². The number of hydrogen-bond acceptors (Lipinski definition) is 2. The summed E-state index contributed by atoms with van der Waals surface area (Å²) in [5, 5.41) is 2.98. The van der Waals surface area contributed by atoms with Gasteiger partial charge in [-0.1, -0.05) is 167 Å². The van der Waals surface area contributed by atoms with Crippen molar-refractivity contribution in [2.75, 3.05) is 6.54 Å². The molecule has 0 bridgehead atoms. The number of unbranched alkanes of at least 4 members (excludes halogenated alkanes) is 22. The lowest BCUT2D eigenvalue weighted by Gasteiger charge is -2.16. The van der Waals surface area contributed by atoms with E-state index in [1.807, 2.05) is 0 Å². The van der Waals surface area contributed by atoms with E-state index in [0.717, 1.165) is 37.7 Å². The smallest absolute Gasteiger partial charge is 0.225 e. The summed E-state index contributed by atoms with van der Waals surface area (Å²) in [6.07, 6.45) is 32.3. The highest BCUT2D eigenvalue weighted by atomic mass is 16.2. The second-order valence-electron chi connectivity index (χ2n) is 11.7. The van der Waals surface area contributed by atoms with Crippen LogP contribution in [0.1, 0.15) is 181 Å². The van der Waals surface area contributed by atoms with E-state index in [1.165, 1.54) is 128 Å². The number of nitrogens with one attached hydrogen (secondary N) is 1. The van der Waals surface area contributed by atoms with Gasteiger partial charge in [0, 0.05) is 13.0 Å². The van der Waals surface area contributed by atoms with Gasteiger partial charge in [0.25, 0.3) is 0 Å². The molecule has 4 nitrogen and oxygen atoms in total. The van der Waals surface area contributed by atoms with E-state index in [2.05, 4.69) is 25.7 Å². The van der Waals surface area contributed by atoms with Crippen molar-refractivity contribution in [3.8, 4) is 0 Å². The Labute approximate surface area is 237 Å². The number of nitrogens with two attached hydrogens (primary N) is 1. The Morgan fingerprint density at radius 3 is 1.29 bits per heavy atom. The lowest BCUT2D eigenvalue weighted by atomic mass is 9.91. The number of amides is 2. The third kappa shape index (κ3) is 25.0. The Morgan fingerprint density at radius 1 is 0.579 bits per heavy atom. The van der Waals surface area contributed by atoms with Crippen LogP contribution in [0.2, 0.25) is 0 Å². The highest BCUT2D eigenvalue weighted by Gasteiger charge is 2.22. The van der Waals surface area contributed by atoms with Crippen molar-refractivity contribution in [3.05, 3.63) is 12.2 Å². The molecule has 4 heteroatoms. The molecule has 0 radical (unpaired) electrons. The van der Waals surface area contributed by atoms with E-state index in [-0.39, 0.29) is 12.3 Å². The lowest BCUT2D eigenvalue weighted by Crippen LogP contribution is -2.32. The van der Waals surface area contributed by atoms with Crippen molar-refractivity contribution in [1.82, 2.24) is 5.32 Å². The molecule has 1 atom stereocenters. The highest BCUT2D eigenvalue weighted by Crippen LogP contribution is 2.21. The summed E-state index contributed by atoms with van der Waals surface area (Å²) in [5.74, 6) is -1.04. The largest absolute Gasteiger partial charge is 0.369 e. The first-order valence-electron chi connectivity index (χ1n) is 16.8. The molecule has 0 aliphatic heterocycles. The van der Waals surface area contributed by atoms with Crippen LogP contribution in [-0.2, 0) is 9.59 Å². The average molecular weight is 535 g/mol. The number of primary amides is 1. The topological polar surface area (TPSA) is 72.2 Å². The molecule has 38 heavy (non-hydrogen) atoms. The molecule has 0 rings (SSSR count). The van der Waals surface area contributed by atoms with Gasteiger partial charge in [0.2, 0.25) is 11.8 Å². The van der Waals surface area contributed by atoms with Gasteiger partial charge >= 0.3 is 0 Å². The summed E-state index contributed by atoms with van der Waals surface area (Å²) < 4.78 is 0. The van der Waals surface area contributed by atoms with Gasteiger partial charge in [-0.05, 0) is 19.3 Å². The summed E-state index contributed by atoms with van der Waals surface area (Å²) in [6, 6.07) is 0. The van der Waals surface area contributed by atoms with Gasteiger partial charge in [-0.3, -0.25) is 9.59 Å². The first kappa shape index (κ1) is 36.7. The van der Waals surface area contributed by atoms with Crippen LogP contribution < -0.4 is 11.1 Å². The van der Waals surface area contributed by atoms with Crippen molar-refractivity contribution in [3.63, 3.8) is 0 Å². The molecule has 0 spiro atoms. The van der Waals surface area contributed by atoms with Gasteiger partial charge in [0.1, 0.15) is 0 Å². The van der Waals surface area contributed by atoms with Crippen molar-refractivity contribution in [1.29, 1.82) is 0 Å². The maximum Gasteiger partial charge on any atom is 0.225 e. The van der Waals surface area contributed by atoms with Crippen LogP contribution in [-0.4, -0.2) is 18.4 Å². The Hall–Kier alpha value is -1.32. The van der Waals surface area contributed by atoms with Crippen LogP contribution in [0.3, 0.4) is 0 Å². The molecule has 0 fully saturated rings. The van der Waals surface area contributed by atoms with Gasteiger partial charge in [-0.25, -0.2) is 0 Å². The fraction of sp³-hybridized carbons (Fsp3) is 0.882. The molecule has 1 unspecified atom stereocenters. The van der Waals surface area contributed by atoms with Crippen LogP contribution in [0, 0.1) is 5.92 Å². The van der Waals surface area contributed by atoms with Crippen molar-refractivity contribution >= 4 is 11.8 Å². The number of carbonyl (C=O) groups excluding carboxylic acids is 2. The van der Waals surface area contributed by atoms with Gasteiger partial charge in [0.05, 0.1) is 5.92 Å². The van der Waals surface area contributed by atoms with E-state index in [4.69, 9.17) is 5.73 Å². The predicted octanol–water partition coefficient (Wildman–Crippen LogP) is 9.94. The Morgan fingerprint density at radius 2 is 0.921 bits per heavy atom. The fourth-order valence-electron chi connectivity index (χ4n) is 5.26. The lowest BCUT2D eigenvalue weighted by molar-refractivity contribution is -0.127. The molecule has 0 heterocycles. The van der Waals surface area contributed by atoms with E-state index in [9.17, 15) is 9.59 Å². The molecule has 224 valence electrons. The van der Waals surface area contributed by atoms with Crippen LogP contribution in [0.5, 0.6) is 0 Å². The zero-order valence-corrected chi connectivity index (χ0v) is 25.8. The molecule has 0 aromatic carbocycles. The predicted molar refractivity (Wildman–Crippen MR) is 166 cm³/mol. The standard InChI is InChI=1S/C34H66N2O2/c1-4-6-8-10-12-14-16-17-18-19-20-22-24-26-28-31(3)32(34(35)38)30-33(37)36-29-27-25-23-21-15-13-11-9-7-5-2/h32H,3-30H2,1-2H3,(H2,35,38)(H,36,37). The Balaban J connectivity index is 3.71. The number of carbonyl (C=O) groups is 2.